The first-order valence-corrected chi connectivity index (χ1v) is 6.60. The maximum Gasteiger partial charge on any atom is 0.261 e. The molecule has 2 aromatic heterocycles. The summed E-state index contributed by atoms with van der Waals surface area (Å²) >= 11 is 6.97. The van der Waals surface area contributed by atoms with Crippen molar-refractivity contribution in [2.75, 3.05) is 6.54 Å². The van der Waals surface area contributed by atoms with E-state index in [1.807, 2.05) is 0 Å². The van der Waals surface area contributed by atoms with Gasteiger partial charge in [-0.3, -0.25) is 4.79 Å². The Bertz CT molecular complexity index is 509. The van der Waals surface area contributed by atoms with Crippen molar-refractivity contribution in [3.8, 4) is 0 Å². The Hall–Kier alpha value is -1.30. The number of halogens is 1. The number of aliphatic hydroxyl groups excluding tert-OH is 1. The van der Waals surface area contributed by atoms with Crippen LogP contribution in [0.4, 0.5) is 0 Å². The molecule has 2 heterocycles. The number of amides is 1. The predicted octanol–water partition coefficient (Wildman–Crippen LogP) is 2.85. The van der Waals surface area contributed by atoms with Crippen molar-refractivity contribution >= 4 is 28.8 Å². The van der Waals surface area contributed by atoms with Gasteiger partial charge in [0, 0.05) is 12.1 Å². The molecule has 0 radical (unpaired) electrons. The normalized spacial score (nSPS) is 12.3. The highest BCUT2D eigenvalue weighted by Crippen LogP contribution is 2.21. The predicted molar refractivity (Wildman–Crippen MR) is 69.9 cm³/mol. The molecular formula is C12H12ClNO3S. The second-order valence-electron chi connectivity index (χ2n) is 3.72. The largest absolute Gasteiger partial charge is 0.472 e. The molecule has 0 saturated heterocycles. The Balaban J connectivity index is 1.77. The van der Waals surface area contributed by atoms with E-state index in [4.69, 9.17) is 16.0 Å². The molecule has 0 spiro atoms. The lowest BCUT2D eigenvalue weighted by molar-refractivity contribution is 0.0946. The van der Waals surface area contributed by atoms with E-state index in [0.29, 0.717) is 27.7 Å². The lowest BCUT2D eigenvalue weighted by Gasteiger charge is -2.08. The van der Waals surface area contributed by atoms with Crippen LogP contribution in [0.3, 0.4) is 0 Å². The van der Waals surface area contributed by atoms with Gasteiger partial charge in [-0.2, -0.15) is 0 Å². The second kappa shape index (κ2) is 6.04. The lowest BCUT2D eigenvalue weighted by atomic mass is 10.1. The number of hydrogen-bond donors (Lipinski definition) is 2. The first-order valence-electron chi connectivity index (χ1n) is 5.40. The standard InChI is InChI=1S/C12H12ClNO3S/c13-11-2-1-10(18-11)12(16)14-5-3-9(15)8-4-6-17-7-8/h1-2,4,6-7,9,15H,3,5H2,(H,14,16)/t9-/m1/s1. The fraction of sp³-hybridized carbons (Fsp3) is 0.250. The van der Waals surface area contributed by atoms with Gasteiger partial charge in [0.2, 0.25) is 0 Å². The molecule has 2 rings (SSSR count). The monoisotopic (exact) mass is 285 g/mol. The molecule has 1 atom stereocenters. The molecule has 4 nitrogen and oxygen atoms in total. The fourth-order valence-electron chi connectivity index (χ4n) is 1.48. The maximum atomic E-state index is 11.7. The highest BCUT2D eigenvalue weighted by Gasteiger charge is 2.11. The molecule has 0 aliphatic rings. The SMILES string of the molecule is O=C(NCC[C@@H](O)c1ccoc1)c1ccc(Cl)s1. The van der Waals surface area contributed by atoms with Gasteiger partial charge < -0.3 is 14.8 Å². The van der Waals surface area contributed by atoms with Crippen LogP contribution >= 0.6 is 22.9 Å². The summed E-state index contributed by atoms with van der Waals surface area (Å²) in [7, 11) is 0. The average molecular weight is 286 g/mol. The summed E-state index contributed by atoms with van der Waals surface area (Å²) in [5, 5.41) is 12.5. The Morgan fingerprint density at radius 1 is 1.50 bits per heavy atom. The van der Waals surface area contributed by atoms with Crippen LogP contribution in [-0.2, 0) is 0 Å². The third-order valence-electron chi connectivity index (χ3n) is 2.43. The molecule has 0 bridgehead atoms. The van der Waals surface area contributed by atoms with Crippen molar-refractivity contribution in [2.45, 2.75) is 12.5 Å². The number of aliphatic hydroxyl groups is 1. The molecule has 2 N–H and O–H groups in total. The topological polar surface area (TPSA) is 62.5 Å². The number of carbonyl (C=O) groups excluding carboxylic acids is 1. The molecule has 0 fully saturated rings. The van der Waals surface area contributed by atoms with Crippen LogP contribution in [0.25, 0.3) is 0 Å². The number of hydrogen-bond acceptors (Lipinski definition) is 4. The van der Waals surface area contributed by atoms with E-state index < -0.39 is 6.10 Å². The van der Waals surface area contributed by atoms with Gasteiger partial charge in [0.1, 0.15) is 0 Å². The smallest absolute Gasteiger partial charge is 0.261 e. The first-order chi connectivity index (χ1) is 8.66. The maximum absolute atomic E-state index is 11.7. The van der Waals surface area contributed by atoms with Crippen molar-refractivity contribution in [2.24, 2.45) is 0 Å². The molecule has 96 valence electrons. The van der Waals surface area contributed by atoms with E-state index in [-0.39, 0.29) is 5.91 Å². The Morgan fingerprint density at radius 2 is 2.33 bits per heavy atom. The van der Waals surface area contributed by atoms with E-state index in [9.17, 15) is 9.90 Å². The molecule has 2 aromatic rings. The van der Waals surface area contributed by atoms with Crippen molar-refractivity contribution < 1.29 is 14.3 Å². The molecule has 0 aliphatic heterocycles. The van der Waals surface area contributed by atoms with Crippen LogP contribution in [0, 0.1) is 0 Å². The molecule has 1 amide bonds. The minimum Gasteiger partial charge on any atom is -0.472 e. The van der Waals surface area contributed by atoms with Gasteiger partial charge in [-0.1, -0.05) is 11.6 Å². The summed E-state index contributed by atoms with van der Waals surface area (Å²) in [4.78, 5) is 12.2. The van der Waals surface area contributed by atoms with E-state index in [1.54, 1.807) is 18.2 Å². The van der Waals surface area contributed by atoms with Gasteiger partial charge in [-0.15, -0.1) is 11.3 Å². The summed E-state index contributed by atoms with van der Waals surface area (Å²) in [6.45, 7) is 0.390. The zero-order chi connectivity index (χ0) is 13.0. The van der Waals surface area contributed by atoms with Crippen LogP contribution in [0.2, 0.25) is 4.34 Å². The molecule has 6 heteroatoms. The first kappa shape index (κ1) is 13.1. The number of furan rings is 1. The molecule has 0 aliphatic carbocycles. The summed E-state index contributed by atoms with van der Waals surface area (Å²) in [6.07, 6.45) is 2.80. The zero-order valence-corrected chi connectivity index (χ0v) is 11.0. The lowest BCUT2D eigenvalue weighted by Crippen LogP contribution is -2.24. The Morgan fingerprint density at radius 3 is 2.94 bits per heavy atom. The Labute approximate surface area is 113 Å². The Kier molecular flexibility index (Phi) is 4.41. The van der Waals surface area contributed by atoms with Crippen LogP contribution in [-0.4, -0.2) is 17.6 Å². The molecule has 0 aromatic carbocycles. The quantitative estimate of drug-likeness (QED) is 0.888. The molecule has 18 heavy (non-hydrogen) atoms. The third-order valence-corrected chi connectivity index (χ3v) is 3.66. The van der Waals surface area contributed by atoms with Gasteiger partial charge in [0.25, 0.3) is 5.91 Å². The number of nitrogens with one attached hydrogen (secondary N) is 1. The van der Waals surface area contributed by atoms with Crippen molar-refractivity contribution in [1.29, 1.82) is 0 Å². The summed E-state index contributed by atoms with van der Waals surface area (Å²) in [6, 6.07) is 5.06. The fourth-order valence-corrected chi connectivity index (χ4v) is 2.44. The molecule has 0 saturated carbocycles. The van der Waals surface area contributed by atoms with Gasteiger partial charge in [0.15, 0.2) is 0 Å². The highest BCUT2D eigenvalue weighted by molar-refractivity contribution is 7.17. The van der Waals surface area contributed by atoms with Crippen molar-refractivity contribution in [1.82, 2.24) is 5.32 Å². The van der Waals surface area contributed by atoms with Gasteiger partial charge in [-0.05, 0) is 24.6 Å². The number of carbonyl (C=O) groups is 1. The van der Waals surface area contributed by atoms with Gasteiger partial charge in [0.05, 0.1) is 27.8 Å². The third kappa shape index (κ3) is 3.35. The minimum absolute atomic E-state index is 0.175. The van der Waals surface area contributed by atoms with Gasteiger partial charge in [-0.25, -0.2) is 0 Å². The summed E-state index contributed by atoms with van der Waals surface area (Å²) in [5.41, 5.74) is 0.711. The van der Waals surface area contributed by atoms with Crippen molar-refractivity contribution in [3.05, 3.63) is 45.5 Å². The average Bonchev–Trinajstić information content (AvgIpc) is 2.99. The van der Waals surface area contributed by atoms with Crippen LogP contribution in [0.15, 0.2) is 35.1 Å². The van der Waals surface area contributed by atoms with Crippen LogP contribution in [0.5, 0.6) is 0 Å². The zero-order valence-electron chi connectivity index (χ0n) is 9.43. The number of rotatable bonds is 5. The van der Waals surface area contributed by atoms with Gasteiger partial charge >= 0.3 is 0 Å². The minimum atomic E-state index is -0.629. The molecular weight excluding hydrogens is 274 g/mol. The van der Waals surface area contributed by atoms with E-state index in [2.05, 4.69) is 5.32 Å². The second-order valence-corrected chi connectivity index (χ2v) is 5.44. The van der Waals surface area contributed by atoms with E-state index >= 15 is 0 Å². The van der Waals surface area contributed by atoms with E-state index in [0.717, 1.165) is 0 Å². The summed E-state index contributed by atoms with van der Waals surface area (Å²) in [5.74, 6) is -0.175. The molecule has 0 unspecified atom stereocenters. The summed E-state index contributed by atoms with van der Waals surface area (Å²) < 4.78 is 5.46. The highest BCUT2D eigenvalue weighted by atomic mass is 35.5. The van der Waals surface area contributed by atoms with Crippen molar-refractivity contribution in [3.63, 3.8) is 0 Å². The van der Waals surface area contributed by atoms with E-state index in [1.165, 1.54) is 23.9 Å². The van der Waals surface area contributed by atoms with Crippen LogP contribution < -0.4 is 5.32 Å². The number of thiophene rings is 1. The van der Waals surface area contributed by atoms with Crippen LogP contribution in [0.1, 0.15) is 27.8 Å².